The standard InChI is InChI=1S/C17H18FN3O3/c18-14-4-2-1-3-12(14)17(23)21-7-11(9-22)13(8-21)16-19-15(20-24-16)10-5-6-10/h1-4,10-11,13,22H,5-9H2/t11-,13+/m0/s1. The Kier molecular flexibility index (Phi) is 3.80. The Labute approximate surface area is 138 Å². The molecule has 0 bridgehead atoms. The zero-order valence-electron chi connectivity index (χ0n) is 13.1. The van der Waals surface area contributed by atoms with Crippen LogP contribution in [-0.2, 0) is 0 Å². The van der Waals surface area contributed by atoms with E-state index in [1.54, 1.807) is 17.0 Å². The third-order valence-corrected chi connectivity index (χ3v) is 4.78. The number of rotatable bonds is 4. The fourth-order valence-electron chi connectivity index (χ4n) is 3.21. The molecule has 2 aromatic rings. The van der Waals surface area contributed by atoms with E-state index in [9.17, 15) is 14.3 Å². The SMILES string of the molecule is O=C(c1ccccc1F)N1C[C@@H](CO)[C@H](c2nc(C3CC3)no2)C1. The van der Waals surface area contributed by atoms with Crippen LogP contribution in [0.2, 0.25) is 0 Å². The molecule has 1 saturated heterocycles. The van der Waals surface area contributed by atoms with Crippen LogP contribution in [0.5, 0.6) is 0 Å². The maximum Gasteiger partial charge on any atom is 0.256 e. The molecule has 1 amide bonds. The largest absolute Gasteiger partial charge is 0.396 e. The predicted molar refractivity (Wildman–Crippen MR) is 81.9 cm³/mol. The van der Waals surface area contributed by atoms with Gasteiger partial charge in [0.15, 0.2) is 5.82 Å². The number of aliphatic hydroxyl groups excluding tert-OH is 1. The lowest BCUT2D eigenvalue weighted by Gasteiger charge is -2.16. The van der Waals surface area contributed by atoms with E-state index in [1.807, 2.05) is 0 Å². The molecular formula is C17H18FN3O3. The molecule has 2 aliphatic rings. The molecule has 1 aliphatic heterocycles. The highest BCUT2D eigenvalue weighted by molar-refractivity contribution is 5.94. The summed E-state index contributed by atoms with van der Waals surface area (Å²) >= 11 is 0. The van der Waals surface area contributed by atoms with E-state index < -0.39 is 5.82 Å². The average Bonchev–Trinajstić information content (AvgIpc) is 3.17. The lowest BCUT2D eigenvalue weighted by molar-refractivity contribution is 0.0776. The van der Waals surface area contributed by atoms with Gasteiger partial charge in [0.1, 0.15) is 5.82 Å². The van der Waals surface area contributed by atoms with Crippen molar-refractivity contribution in [2.75, 3.05) is 19.7 Å². The van der Waals surface area contributed by atoms with Gasteiger partial charge in [-0.15, -0.1) is 0 Å². The van der Waals surface area contributed by atoms with E-state index >= 15 is 0 Å². The van der Waals surface area contributed by atoms with Gasteiger partial charge in [-0.2, -0.15) is 4.98 Å². The van der Waals surface area contributed by atoms with Crippen molar-refractivity contribution in [2.45, 2.75) is 24.7 Å². The zero-order chi connectivity index (χ0) is 16.7. The van der Waals surface area contributed by atoms with Gasteiger partial charge in [0.25, 0.3) is 5.91 Å². The Bertz CT molecular complexity index is 759. The van der Waals surface area contributed by atoms with Crippen molar-refractivity contribution in [3.05, 3.63) is 47.4 Å². The summed E-state index contributed by atoms with van der Waals surface area (Å²) in [5.41, 5.74) is 0.0408. The molecule has 2 atom stereocenters. The molecule has 6 nitrogen and oxygen atoms in total. The molecule has 4 rings (SSSR count). The number of carbonyl (C=O) groups excluding carboxylic acids is 1. The van der Waals surface area contributed by atoms with Gasteiger partial charge >= 0.3 is 0 Å². The summed E-state index contributed by atoms with van der Waals surface area (Å²) < 4.78 is 19.2. The van der Waals surface area contributed by atoms with Crippen LogP contribution in [0.25, 0.3) is 0 Å². The van der Waals surface area contributed by atoms with Gasteiger partial charge in [-0.25, -0.2) is 4.39 Å². The fourth-order valence-corrected chi connectivity index (χ4v) is 3.21. The summed E-state index contributed by atoms with van der Waals surface area (Å²) in [6, 6.07) is 5.92. The summed E-state index contributed by atoms with van der Waals surface area (Å²) in [4.78, 5) is 18.5. The second-order valence-electron chi connectivity index (χ2n) is 6.50. The first kappa shape index (κ1) is 15.3. The summed E-state index contributed by atoms with van der Waals surface area (Å²) in [5.74, 6) is 0.225. The number of aliphatic hydroxyl groups is 1. The minimum absolute atomic E-state index is 0.0408. The van der Waals surface area contributed by atoms with Crippen LogP contribution in [-0.4, -0.2) is 45.8 Å². The van der Waals surface area contributed by atoms with Crippen LogP contribution in [0.4, 0.5) is 4.39 Å². The third-order valence-electron chi connectivity index (χ3n) is 4.78. The summed E-state index contributed by atoms with van der Waals surface area (Å²) in [7, 11) is 0. The first-order valence-corrected chi connectivity index (χ1v) is 8.15. The predicted octanol–water partition coefficient (Wildman–Crippen LogP) is 1.93. The van der Waals surface area contributed by atoms with Gasteiger partial charge in [-0.05, 0) is 25.0 Å². The number of nitrogens with zero attached hydrogens (tertiary/aromatic N) is 3. The highest BCUT2D eigenvalue weighted by atomic mass is 19.1. The minimum Gasteiger partial charge on any atom is -0.396 e. The normalized spacial score (nSPS) is 23.7. The Morgan fingerprint density at radius 2 is 2.12 bits per heavy atom. The van der Waals surface area contributed by atoms with E-state index in [1.165, 1.54) is 12.1 Å². The zero-order valence-corrected chi connectivity index (χ0v) is 13.1. The molecule has 1 aromatic heterocycles. The van der Waals surface area contributed by atoms with Crippen LogP contribution >= 0.6 is 0 Å². The molecule has 24 heavy (non-hydrogen) atoms. The van der Waals surface area contributed by atoms with E-state index in [2.05, 4.69) is 10.1 Å². The molecule has 2 fully saturated rings. The summed E-state index contributed by atoms with van der Waals surface area (Å²) in [5, 5.41) is 13.7. The fraction of sp³-hybridized carbons (Fsp3) is 0.471. The van der Waals surface area contributed by atoms with Gasteiger partial charge in [-0.1, -0.05) is 17.3 Å². The van der Waals surface area contributed by atoms with E-state index in [0.717, 1.165) is 12.8 Å². The van der Waals surface area contributed by atoms with Crippen molar-refractivity contribution in [1.29, 1.82) is 0 Å². The van der Waals surface area contributed by atoms with Crippen LogP contribution in [0.3, 0.4) is 0 Å². The second-order valence-corrected chi connectivity index (χ2v) is 6.50. The molecule has 7 heteroatoms. The molecular weight excluding hydrogens is 313 g/mol. The number of benzene rings is 1. The van der Waals surface area contributed by atoms with Crippen molar-refractivity contribution < 1.29 is 18.8 Å². The van der Waals surface area contributed by atoms with E-state index in [-0.39, 0.29) is 29.9 Å². The maximum absolute atomic E-state index is 13.9. The number of amides is 1. The highest BCUT2D eigenvalue weighted by Gasteiger charge is 2.40. The smallest absolute Gasteiger partial charge is 0.256 e. The number of carbonyl (C=O) groups is 1. The lowest BCUT2D eigenvalue weighted by Crippen LogP contribution is -2.30. The van der Waals surface area contributed by atoms with Crippen molar-refractivity contribution >= 4 is 5.91 Å². The molecule has 126 valence electrons. The quantitative estimate of drug-likeness (QED) is 0.926. The van der Waals surface area contributed by atoms with Crippen LogP contribution in [0.15, 0.2) is 28.8 Å². The Balaban J connectivity index is 1.54. The van der Waals surface area contributed by atoms with Gasteiger partial charge in [0.05, 0.1) is 11.5 Å². The van der Waals surface area contributed by atoms with Crippen LogP contribution in [0, 0.1) is 11.7 Å². The molecule has 1 aromatic carbocycles. The molecule has 1 saturated carbocycles. The van der Waals surface area contributed by atoms with Crippen LogP contribution < -0.4 is 0 Å². The molecule has 0 spiro atoms. The van der Waals surface area contributed by atoms with Gasteiger partial charge in [0.2, 0.25) is 5.89 Å². The Morgan fingerprint density at radius 3 is 2.83 bits per heavy atom. The third kappa shape index (κ3) is 2.69. The topological polar surface area (TPSA) is 79.5 Å². The molecule has 0 unspecified atom stereocenters. The van der Waals surface area contributed by atoms with Crippen molar-refractivity contribution in [3.63, 3.8) is 0 Å². The van der Waals surface area contributed by atoms with Gasteiger partial charge in [0, 0.05) is 31.5 Å². The summed E-state index contributed by atoms with van der Waals surface area (Å²) in [6.07, 6.45) is 2.15. The number of halogens is 1. The van der Waals surface area contributed by atoms with Crippen molar-refractivity contribution in [1.82, 2.24) is 15.0 Å². The average molecular weight is 331 g/mol. The number of likely N-dealkylation sites (tertiary alicyclic amines) is 1. The van der Waals surface area contributed by atoms with Crippen LogP contribution in [0.1, 0.15) is 46.8 Å². The van der Waals surface area contributed by atoms with Crippen molar-refractivity contribution in [2.24, 2.45) is 5.92 Å². The number of hydrogen-bond acceptors (Lipinski definition) is 5. The first-order valence-electron chi connectivity index (χ1n) is 8.15. The van der Waals surface area contributed by atoms with E-state index in [0.29, 0.717) is 30.7 Å². The monoisotopic (exact) mass is 331 g/mol. The first-order chi connectivity index (χ1) is 11.7. The highest BCUT2D eigenvalue weighted by Crippen LogP contribution is 2.40. The molecule has 0 radical (unpaired) electrons. The van der Waals surface area contributed by atoms with E-state index in [4.69, 9.17) is 4.52 Å². The molecule has 2 heterocycles. The van der Waals surface area contributed by atoms with Gasteiger partial charge in [-0.3, -0.25) is 4.79 Å². The maximum atomic E-state index is 13.9. The molecule has 1 aliphatic carbocycles. The van der Waals surface area contributed by atoms with Crippen molar-refractivity contribution in [3.8, 4) is 0 Å². The Morgan fingerprint density at radius 1 is 1.33 bits per heavy atom. The van der Waals surface area contributed by atoms with Gasteiger partial charge < -0.3 is 14.5 Å². The molecule has 1 N–H and O–H groups in total. The number of hydrogen-bond donors (Lipinski definition) is 1. The Hall–Kier alpha value is -2.28. The number of aromatic nitrogens is 2. The lowest BCUT2D eigenvalue weighted by atomic mass is 9.97. The second kappa shape index (κ2) is 5.98. The summed E-state index contributed by atoms with van der Waals surface area (Å²) in [6.45, 7) is 0.590. The minimum atomic E-state index is -0.541.